The molecule has 6 rings (SSSR count). The molecule has 0 amide bonds. The predicted octanol–water partition coefficient (Wildman–Crippen LogP) is 4.79. The number of benzene rings is 2. The van der Waals surface area contributed by atoms with Gasteiger partial charge in [-0.2, -0.15) is 0 Å². The number of nitrogens with zero attached hydrogens (tertiary/aromatic N) is 6. The second kappa shape index (κ2) is 7.44. The minimum Gasteiger partial charge on any atom is -0.410 e. The highest BCUT2D eigenvalue weighted by Gasteiger charge is 2.19. The molecule has 0 fully saturated rings. The highest BCUT2D eigenvalue weighted by Crippen LogP contribution is 2.41. The summed E-state index contributed by atoms with van der Waals surface area (Å²) in [5.41, 5.74) is 0.649. The first-order valence-electron chi connectivity index (χ1n) is 9.57. The van der Waals surface area contributed by atoms with Crippen molar-refractivity contribution in [2.45, 2.75) is 11.0 Å². The van der Waals surface area contributed by atoms with Gasteiger partial charge in [0, 0.05) is 17.1 Å². The van der Waals surface area contributed by atoms with Crippen LogP contribution in [-0.2, 0) is 12.8 Å². The molecule has 6 aromatic rings. The topological polar surface area (TPSA) is 91.1 Å². The standard InChI is InChI=1S/C21H13ClN6O2S2/c1-27-19(29)11-6-2-4-8-13(11)28-15(23-25-20(27)28)10-31-21-26-24-18(30-21)17-16(22)12-7-3-5-9-14(12)32-17/h2-9H,10H2,1H3. The summed E-state index contributed by atoms with van der Waals surface area (Å²) < 4.78 is 10.3. The summed E-state index contributed by atoms with van der Waals surface area (Å²) in [6.07, 6.45) is 0. The van der Waals surface area contributed by atoms with E-state index in [-0.39, 0.29) is 5.56 Å². The molecule has 0 radical (unpaired) electrons. The van der Waals surface area contributed by atoms with Gasteiger partial charge in [-0.05, 0) is 18.2 Å². The van der Waals surface area contributed by atoms with E-state index in [0.29, 0.717) is 38.9 Å². The Kier molecular flexibility index (Phi) is 4.53. The van der Waals surface area contributed by atoms with E-state index in [0.717, 1.165) is 20.5 Å². The minimum atomic E-state index is -0.110. The Hall–Kier alpha value is -3.21. The zero-order valence-corrected chi connectivity index (χ0v) is 18.9. The molecule has 0 aliphatic heterocycles. The smallest absolute Gasteiger partial charge is 0.277 e. The van der Waals surface area contributed by atoms with Gasteiger partial charge in [0.05, 0.1) is 21.7 Å². The number of thiophene rings is 1. The van der Waals surface area contributed by atoms with E-state index in [1.165, 1.54) is 27.7 Å². The van der Waals surface area contributed by atoms with Crippen LogP contribution in [0.25, 0.3) is 37.5 Å². The van der Waals surface area contributed by atoms with Gasteiger partial charge in [0.25, 0.3) is 16.7 Å². The Bertz CT molecular complexity index is 1700. The lowest BCUT2D eigenvalue weighted by Crippen LogP contribution is -2.20. The van der Waals surface area contributed by atoms with Crippen LogP contribution in [0, 0.1) is 0 Å². The number of thioether (sulfide) groups is 1. The van der Waals surface area contributed by atoms with Gasteiger partial charge in [0.15, 0.2) is 0 Å². The second-order valence-electron chi connectivity index (χ2n) is 7.04. The maximum absolute atomic E-state index is 12.6. The molecule has 0 unspecified atom stereocenters. The van der Waals surface area contributed by atoms with E-state index >= 15 is 0 Å². The molecular weight excluding hydrogens is 468 g/mol. The summed E-state index contributed by atoms with van der Waals surface area (Å²) in [7, 11) is 1.69. The van der Waals surface area contributed by atoms with Crippen molar-refractivity contribution in [3.8, 4) is 10.8 Å². The number of fused-ring (bicyclic) bond motifs is 4. The average Bonchev–Trinajstić information content (AvgIpc) is 3.54. The maximum atomic E-state index is 12.6. The molecule has 0 saturated carbocycles. The SMILES string of the molecule is Cn1c(=O)c2ccccc2n2c(CSc3nnc(-c4sc5ccccc5c4Cl)o3)nnc12. The molecule has 0 saturated heterocycles. The lowest BCUT2D eigenvalue weighted by Gasteiger charge is -2.07. The molecule has 0 atom stereocenters. The van der Waals surface area contributed by atoms with Crippen molar-refractivity contribution >= 4 is 61.5 Å². The normalized spacial score (nSPS) is 11.8. The molecule has 0 spiro atoms. The fourth-order valence-electron chi connectivity index (χ4n) is 3.62. The van der Waals surface area contributed by atoms with Crippen LogP contribution >= 0.6 is 34.7 Å². The number of hydrogen-bond acceptors (Lipinski definition) is 8. The van der Waals surface area contributed by atoms with E-state index in [9.17, 15) is 4.79 Å². The fourth-order valence-corrected chi connectivity index (χ4v) is 5.73. The van der Waals surface area contributed by atoms with Gasteiger partial charge in [-0.3, -0.25) is 13.8 Å². The van der Waals surface area contributed by atoms with Crippen molar-refractivity contribution in [2.75, 3.05) is 0 Å². The van der Waals surface area contributed by atoms with E-state index in [4.69, 9.17) is 16.0 Å². The summed E-state index contributed by atoms with van der Waals surface area (Å²) >= 11 is 9.40. The summed E-state index contributed by atoms with van der Waals surface area (Å²) in [6.45, 7) is 0. The Balaban J connectivity index is 1.34. The summed E-state index contributed by atoms with van der Waals surface area (Å²) in [5.74, 6) is 1.98. The van der Waals surface area contributed by atoms with E-state index in [1.807, 2.05) is 46.9 Å². The largest absolute Gasteiger partial charge is 0.410 e. The van der Waals surface area contributed by atoms with Crippen LogP contribution in [0.3, 0.4) is 0 Å². The Morgan fingerprint density at radius 1 is 1.03 bits per heavy atom. The molecule has 11 heteroatoms. The van der Waals surface area contributed by atoms with Crippen molar-refractivity contribution in [2.24, 2.45) is 7.05 Å². The third kappa shape index (κ3) is 2.94. The summed E-state index contributed by atoms with van der Waals surface area (Å²) in [4.78, 5) is 13.3. The van der Waals surface area contributed by atoms with Crippen LogP contribution in [0.5, 0.6) is 0 Å². The minimum absolute atomic E-state index is 0.110. The summed E-state index contributed by atoms with van der Waals surface area (Å²) in [6, 6.07) is 15.3. The lowest BCUT2D eigenvalue weighted by atomic mass is 10.2. The molecule has 0 aliphatic carbocycles. The van der Waals surface area contributed by atoms with Crippen LogP contribution < -0.4 is 5.56 Å². The van der Waals surface area contributed by atoms with Gasteiger partial charge < -0.3 is 4.42 Å². The number of halogens is 1. The van der Waals surface area contributed by atoms with Gasteiger partial charge in [0.1, 0.15) is 10.7 Å². The lowest BCUT2D eigenvalue weighted by molar-refractivity contribution is 0.466. The number of aryl methyl sites for hydroxylation is 1. The van der Waals surface area contributed by atoms with E-state index < -0.39 is 0 Å². The van der Waals surface area contributed by atoms with Gasteiger partial charge in [-0.25, -0.2) is 0 Å². The molecule has 158 valence electrons. The van der Waals surface area contributed by atoms with Crippen LogP contribution in [0.2, 0.25) is 5.02 Å². The maximum Gasteiger partial charge on any atom is 0.277 e. The first kappa shape index (κ1) is 19.5. The van der Waals surface area contributed by atoms with Crippen molar-refractivity contribution in [1.29, 1.82) is 0 Å². The highest BCUT2D eigenvalue weighted by atomic mass is 35.5. The number of hydrogen-bond donors (Lipinski definition) is 0. The number of aromatic nitrogens is 6. The van der Waals surface area contributed by atoms with Crippen molar-refractivity contribution in [1.82, 2.24) is 29.4 Å². The Morgan fingerprint density at radius 3 is 2.66 bits per heavy atom. The van der Waals surface area contributed by atoms with E-state index in [2.05, 4.69) is 20.4 Å². The second-order valence-corrected chi connectivity index (χ2v) is 9.39. The first-order chi connectivity index (χ1) is 15.6. The van der Waals surface area contributed by atoms with Crippen LogP contribution in [-0.4, -0.2) is 29.4 Å². The number of rotatable bonds is 4. The van der Waals surface area contributed by atoms with Gasteiger partial charge >= 0.3 is 0 Å². The molecular formula is C21H13ClN6O2S2. The summed E-state index contributed by atoms with van der Waals surface area (Å²) in [5, 5.41) is 19.4. The molecule has 2 aromatic carbocycles. The van der Waals surface area contributed by atoms with Crippen molar-refractivity contribution in [3.05, 3.63) is 69.7 Å². The van der Waals surface area contributed by atoms with E-state index in [1.54, 1.807) is 13.1 Å². The van der Waals surface area contributed by atoms with Gasteiger partial charge in [-0.1, -0.05) is 53.7 Å². The molecule has 4 heterocycles. The molecule has 0 aliphatic rings. The van der Waals surface area contributed by atoms with Crippen LogP contribution in [0.1, 0.15) is 5.82 Å². The van der Waals surface area contributed by atoms with Crippen molar-refractivity contribution < 1.29 is 4.42 Å². The fraction of sp³-hybridized carbons (Fsp3) is 0.0952. The van der Waals surface area contributed by atoms with Crippen molar-refractivity contribution in [3.63, 3.8) is 0 Å². The third-order valence-electron chi connectivity index (χ3n) is 5.15. The molecule has 0 bridgehead atoms. The molecule has 8 nitrogen and oxygen atoms in total. The molecule has 4 aromatic heterocycles. The predicted molar refractivity (Wildman–Crippen MR) is 125 cm³/mol. The Morgan fingerprint density at radius 2 is 1.81 bits per heavy atom. The molecule has 0 N–H and O–H groups in total. The third-order valence-corrected chi connectivity index (χ3v) is 7.63. The first-order valence-corrected chi connectivity index (χ1v) is 11.8. The average molecular weight is 481 g/mol. The van der Waals surface area contributed by atoms with Gasteiger partial charge in [-0.15, -0.1) is 31.7 Å². The zero-order chi connectivity index (χ0) is 21.8. The molecule has 32 heavy (non-hydrogen) atoms. The van der Waals surface area contributed by atoms with Gasteiger partial charge in [0.2, 0.25) is 5.78 Å². The van der Waals surface area contributed by atoms with Crippen LogP contribution in [0.4, 0.5) is 0 Å². The highest BCUT2D eigenvalue weighted by molar-refractivity contribution is 7.98. The number of para-hydroxylation sites is 1. The monoisotopic (exact) mass is 480 g/mol. The van der Waals surface area contributed by atoms with Crippen LogP contribution in [0.15, 0.2) is 63.0 Å². The quantitative estimate of drug-likeness (QED) is 0.335. The Labute approximate surface area is 193 Å². The zero-order valence-electron chi connectivity index (χ0n) is 16.5.